The van der Waals surface area contributed by atoms with Gasteiger partial charge in [0.15, 0.2) is 0 Å². The molecule has 160 valence electrons. The van der Waals surface area contributed by atoms with Crippen molar-refractivity contribution >= 4 is 16.8 Å². The van der Waals surface area contributed by atoms with E-state index in [-0.39, 0.29) is 5.92 Å². The first-order chi connectivity index (χ1) is 14.0. The Hall–Kier alpha value is -2.94. The van der Waals surface area contributed by atoms with Crippen LogP contribution in [0.3, 0.4) is 0 Å². The van der Waals surface area contributed by atoms with Crippen molar-refractivity contribution in [3.8, 4) is 0 Å². The van der Waals surface area contributed by atoms with Crippen LogP contribution in [0.25, 0.3) is 10.9 Å². The second kappa shape index (κ2) is 8.06. The average molecular weight is 420 g/mol. The molecule has 30 heavy (non-hydrogen) atoms. The van der Waals surface area contributed by atoms with Crippen LogP contribution >= 0.6 is 0 Å². The van der Waals surface area contributed by atoms with Gasteiger partial charge < -0.3 is 15.0 Å². The molecule has 2 N–H and O–H groups in total. The second-order valence-corrected chi connectivity index (χ2v) is 7.49. The molecule has 1 aromatic carbocycles. The topological polar surface area (TPSA) is 80.0 Å². The van der Waals surface area contributed by atoms with Crippen molar-refractivity contribution < 1.29 is 23.1 Å². The van der Waals surface area contributed by atoms with Gasteiger partial charge in [-0.3, -0.25) is 9.78 Å². The first kappa shape index (κ1) is 21.8. The van der Waals surface area contributed by atoms with Crippen LogP contribution in [0.1, 0.15) is 48.1 Å². The Morgan fingerprint density at radius 3 is 2.57 bits per heavy atom. The largest absolute Gasteiger partial charge is 0.424 e. The molecule has 0 aliphatic rings. The molecule has 9 heteroatoms. The Kier molecular flexibility index (Phi) is 5.85. The summed E-state index contributed by atoms with van der Waals surface area (Å²) in [6, 6.07) is 8.73. The summed E-state index contributed by atoms with van der Waals surface area (Å²) in [6.07, 6.45) is -3.22. The number of alkyl halides is 3. The second-order valence-electron chi connectivity index (χ2n) is 7.49. The molecule has 0 spiro atoms. The summed E-state index contributed by atoms with van der Waals surface area (Å²) >= 11 is 0. The van der Waals surface area contributed by atoms with Gasteiger partial charge in [-0.25, -0.2) is 4.98 Å². The monoisotopic (exact) mass is 420 g/mol. The van der Waals surface area contributed by atoms with Crippen LogP contribution in [0.4, 0.5) is 13.2 Å². The van der Waals surface area contributed by atoms with E-state index in [0.717, 1.165) is 4.57 Å². The van der Waals surface area contributed by atoms with Gasteiger partial charge in [-0.1, -0.05) is 32.0 Å². The zero-order valence-corrected chi connectivity index (χ0v) is 16.9. The number of imidazole rings is 1. The lowest BCUT2D eigenvalue weighted by Gasteiger charge is -2.30. The minimum absolute atomic E-state index is 0.0693. The number of pyridine rings is 1. The predicted molar refractivity (Wildman–Crippen MR) is 106 cm³/mol. The van der Waals surface area contributed by atoms with Crippen molar-refractivity contribution in [1.82, 2.24) is 19.9 Å². The summed E-state index contributed by atoms with van der Waals surface area (Å²) in [5, 5.41) is 13.5. The number of aryl methyl sites for hydroxylation is 1. The van der Waals surface area contributed by atoms with E-state index in [4.69, 9.17) is 0 Å². The Morgan fingerprint density at radius 2 is 1.97 bits per heavy atom. The fraction of sp³-hybridized carbons (Fsp3) is 0.381. The van der Waals surface area contributed by atoms with Crippen molar-refractivity contribution in [1.29, 1.82) is 0 Å². The maximum absolute atomic E-state index is 13.6. The van der Waals surface area contributed by atoms with Gasteiger partial charge in [0.1, 0.15) is 5.82 Å². The molecule has 3 rings (SSSR count). The van der Waals surface area contributed by atoms with E-state index in [0.29, 0.717) is 22.2 Å². The molecule has 6 nitrogen and oxygen atoms in total. The number of amides is 1. The molecule has 1 amide bonds. The minimum Gasteiger partial charge on any atom is -0.374 e. The molecule has 0 bridgehead atoms. The number of halogens is 3. The third-order valence-electron chi connectivity index (χ3n) is 5.00. The van der Waals surface area contributed by atoms with E-state index in [1.807, 2.05) is 13.8 Å². The van der Waals surface area contributed by atoms with E-state index < -0.39 is 36.5 Å². The van der Waals surface area contributed by atoms with Gasteiger partial charge in [-0.2, -0.15) is 13.2 Å². The van der Waals surface area contributed by atoms with Crippen molar-refractivity contribution in [2.24, 2.45) is 7.05 Å². The molecule has 1 atom stereocenters. The first-order valence-corrected chi connectivity index (χ1v) is 9.49. The maximum atomic E-state index is 13.6. The Bertz CT molecular complexity index is 1060. The minimum atomic E-state index is -4.95. The SMILES string of the molecule is CC(C)c1cc(C(=O)NCCC(O)(c2nccn2C)C(F)(F)F)c2ccccc2n1. The number of aliphatic hydroxyl groups is 1. The number of aromatic nitrogens is 3. The van der Waals surface area contributed by atoms with Gasteiger partial charge in [0, 0.05) is 43.5 Å². The van der Waals surface area contributed by atoms with E-state index in [2.05, 4.69) is 15.3 Å². The molecule has 0 aliphatic carbocycles. The van der Waals surface area contributed by atoms with Gasteiger partial charge in [0.05, 0.1) is 11.1 Å². The summed E-state index contributed by atoms with van der Waals surface area (Å²) in [7, 11) is 1.37. The van der Waals surface area contributed by atoms with Crippen LogP contribution in [0.2, 0.25) is 0 Å². The molecule has 0 aliphatic heterocycles. The van der Waals surface area contributed by atoms with E-state index >= 15 is 0 Å². The molecule has 0 fully saturated rings. The molecule has 3 aromatic rings. The Morgan fingerprint density at radius 1 is 1.27 bits per heavy atom. The van der Waals surface area contributed by atoms with Crippen molar-refractivity contribution in [2.75, 3.05) is 6.54 Å². The molecular weight excluding hydrogens is 397 g/mol. The van der Waals surface area contributed by atoms with Crippen molar-refractivity contribution in [2.45, 2.75) is 38.0 Å². The maximum Gasteiger partial charge on any atom is 0.424 e. The molecule has 0 radical (unpaired) electrons. The zero-order valence-electron chi connectivity index (χ0n) is 16.9. The highest BCUT2D eigenvalue weighted by atomic mass is 19.4. The highest BCUT2D eigenvalue weighted by molar-refractivity contribution is 6.06. The third kappa shape index (κ3) is 4.02. The number of carbonyl (C=O) groups excluding carboxylic acids is 1. The Labute approximate surface area is 171 Å². The summed E-state index contributed by atoms with van der Waals surface area (Å²) in [4.78, 5) is 21.0. The Balaban J connectivity index is 1.84. The summed E-state index contributed by atoms with van der Waals surface area (Å²) < 4.78 is 42.0. The predicted octanol–water partition coefficient (Wildman–Crippen LogP) is 3.66. The summed E-state index contributed by atoms with van der Waals surface area (Å²) in [5.74, 6) is -0.986. The van der Waals surface area contributed by atoms with Crippen LogP contribution < -0.4 is 5.32 Å². The first-order valence-electron chi connectivity index (χ1n) is 9.49. The fourth-order valence-electron chi connectivity index (χ4n) is 3.28. The van der Waals surface area contributed by atoms with Gasteiger partial charge in [0.2, 0.25) is 5.60 Å². The van der Waals surface area contributed by atoms with Gasteiger partial charge in [-0.05, 0) is 18.1 Å². The fourth-order valence-corrected chi connectivity index (χ4v) is 3.28. The number of carbonyl (C=O) groups is 1. The lowest BCUT2D eigenvalue weighted by Crippen LogP contribution is -2.46. The van der Waals surface area contributed by atoms with E-state index in [1.165, 1.54) is 19.4 Å². The van der Waals surface area contributed by atoms with Crippen LogP contribution in [0, 0.1) is 0 Å². The number of rotatable bonds is 6. The van der Waals surface area contributed by atoms with E-state index in [1.54, 1.807) is 30.3 Å². The number of para-hydroxylation sites is 1. The summed E-state index contributed by atoms with van der Waals surface area (Å²) in [6.45, 7) is 3.49. The zero-order chi connectivity index (χ0) is 22.1. The number of nitrogens with one attached hydrogen (secondary N) is 1. The van der Waals surface area contributed by atoms with Gasteiger partial charge in [-0.15, -0.1) is 0 Å². The lowest BCUT2D eigenvalue weighted by atomic mass is 9.97. The quantitative estimate of drug-likeness (QED) is 0.638. The number of hydrogen-bond donors (Lipinski definition) is 2. The van der Waals surface area contributed by atoms with Gasteiger partial charge >= 0.3 is 6.18 Å². The molecule has 0 saturated heterocycles. The standard InChI is InChI=1S/C21H23F3N4O2/c1-13(2)17-12-15(14-6-4-5-7-16(14)27-17)18(29)25-9-8-20(30,21(22,23)24)19-26-10-11-28(19)3/h4-7,10-13,30H,8-9H2,1-3H3,(H,25,29). The highest BCUT2D eigenvalue weighted by Crippen LogP contribution is 2.40. The van der Waals surface area contributed by atoms with Crippen LogP contribution in [0.5, 0.6) is 0 Å². The lowest BCUT2D eigenvalue weighted by molar-refractivity contribution is -0.272. The van der Waals surface area contributed by atoms with Crippen molar-refractivity contribution in [3.63, 3.8) is 0 Å². The number of nitrogens with zero attached hydrogens (tertiary/aromatic N) is 3. The normalized spacial score (nSPS) is 14.1. The smallest absolute Gasteiger partial charge is 0.374 e. The van der Waals surface area contributed by atoms with Crippen molar-refractivity contribution in [3.05, 3.63) is 59.8 Å². The summed E-state index contributed by atoms with van der Waals surface area (Å²) in [5.41, 5.74) is -1.51. The van der Waals surface area contributed by atoms with Crippen LogP contribution in [-0.4, -0.2) is 38.3 Å². The molecular formula is C21H23F3N4O2. The number of hydrogen-bond acceptors (Lipinski definition) is 4. The van der Waals surface area contributed by atoms with E-state index in [9.17, 15) is 23.1 Å². The molecule has 1 unspecified atom stereocenters. The number of benzene rings is 1. The highest BCUT2D eigenvalue weighted by Gasteiger charge is 2.57. The van der Waals surface area contributed by atoms with Crippen LogP contribution in [0.15, 0.2) is 42.7 Å². The molecule has 0 saturated carbocycles. The molecule has 2 aromatic heterocycles. The number of fused-ring (bicyclic) bond motifs is 1. The average Bonchev–Trinajstić information content (AvgIpc) is 3.12. The molecule has 2 heterocycles. The van der Waals surface area contributed by atoms with Gasteiger partial charge in [0.25, 0.3) is 5.91 Å². The van der Waals surface area contributed by atoms with Crippen LogP contribution in [-0.2, 0) is 12.6 Å². The third-order valence-corrected chi connectivity index (χ3v) is 5.00.